The van der Waals surface area contributed by atoms with Crippen LogP contribution in [0.5, 0.6) is 5.75 Å². The van der Waals surface area contributed by atoms with Crippen molar-refractivity contribution in [3.63, 3.8) is 0 Å². The van der Waals surface area contributed by atoms with Crippen molar-refractivity contribution in [1.29, 1.82) is 0 Å². The lowest BCUT2D eigenvalue weighted by Crippen LogP contribution is -2.30. The summed E-state index contributed by atoms with van der Waals surface area (Å²) < 4.78 is 10.8. The molecule has 0 spiro atoms. The molecule has 1 heterocycles. The molecule has 0 aliphatic carbocycles. The Hall–Kier alpha value is -1.55. The molecule has 1 saturated heterocycles. The van der Waals surface area contributed by atoms with E-state index in [0.717, 1.165) is 44.8 Å². The third kappa shape index (κ3) is 4.74. The smallest absolute Gasteiger partial charge is 0.253 e. The standard InChI is InChI=1S/C17H25NO3/c1-3-21-16-6-4-15(5-7-16)17(19)18(2)11-8-14-9-12-20-13-10-14/h4-7,14H,3,8-13H2,1-2H3. The van der Waals surface area contributed by atoms with Gasteiger partial charge in [0.05, 0.1) is 6.61 Å². The number of hydrogen-bond donors (Lipinski definition) is 0. The summed E-state index contributed by atoms with van der Waals surface area (Å²) in [5.74, 6) is 1.57. The van der Waals surface area contributed by atoms with E-state index in [-0.39, 0.29) is 5.91 Å². The van der Waals surface area contributed by atoms with Gasteiger partial charge in [-0.1, -0.05) is 0 Å². The van der Waals surface area contributed by atoms with E-state index in [2.05, 4.69) is 0 Å². The monoisotopic (exact) mass is 291 g/mol. The van der Waals surface area contributed by atoms with Crippen LogP contribution in [-0.4, -0.2) is 44.2 Å². The van der Waals surface area contributed by atoms with Crippen molar-refractivity contribution in [3.8, 4) is 5.75 Å². The van der Waals surface area contributed by atoms with Crippen LogP contribution in [0.3, 0.4) is 0 Å². The van der Waals surface area contributed by atoms with Gasteiger partial charge in [-0.3, -0.25) is 4.79 Å². The molecular formula is C17H25NO3. The number of rotatable bonds is 6. The Balaban J connectivity index is 1.83. The van der Waals surface area contributed by atoms with E-state index in [0.29, 0.717) is 18.1 Å². The second-order valence-electron chi connectivity index (χ2n) is 5.53. The molecule has 4 heteroatoms. The molecule has 1 fully saturated rings. The first-order valence-electron chi connectivity index (χ1n) is 7.76. The van der Waals surface area contributed by atoms with E-state index in [1.54, 1.807) is 0 Å². The Morgan fingerprint density at radius 1 is 1.29 bits per heavy atom. The van der Waals surface area contributed by atoms with Crippen LogP contribution < -0.4 is 4.74 Å². The normalized spacial score (nSPS) is 15.7. The van der Waals surface area contributed by atoms with E-state index < -0.39 is 0 Å². The molecule has 0 unspecified atom stereocenters. The molecule has 0 aromatic heterocycles. The molecule has 0 bridgehead atoms. The third-order valence-electron chi connectivity index (χ3n) is 3.97. The molecule has 1 aromatic rings. The Bertz CT molecular complexity index is 438. The summed E-state index contributed by atoms with van der Waals surface area (Å²) in [7, 11) is 1.87. The third-order valence-corrected chi connectivity index (χ3v) is 3.97. The second-order valence-corrected chi connectivity index (χ2v) is 5.53. The predicted molar refractivity (Wildman–Crippen MR) is 82.7 cm³/mol. The van der Waals surface area contributed by atoms with Crippen LogP contribution in [0.1, 0.15) is 36.5 Å². The highest BCUT2D eigenvalue weighted by Gasteiger charge is 2.17. The Morgan fingerprint density at radius 3 is 2.57 bits per heavy atom. The molecule has 1 amide bonds. The van der Waals surface area contributed by atoms with Gasteiger partial charge < -0.3 is 14.4 Å². The number of carbonyl (C=O) groups is 1. The first kappa shape index (κ1) is 15.8. The van der Waals surface area contributed by atoms with E-state index in [9.17, 15) is 4.79 Å². The minimum atomic E-state index is 0.0742. The van der Waals surface area contributed by atoms with Crippen molar-refractivity contribution in [1.82, 2.24) is 4.90 Å². The van der Waals surface area contributed by atoms with Gasteiger partial charge in [0, 0.05) is 32.4 Å². The van der Waals surface area contributed by atoms with E-state index in [4.69, 9.17) is 9.47 Å². The van der Waals surface area contributed by atoms with Gasteiger partial charge in [0.1, 0.15) is 5.75 Å². The van der Waals surface area contributed by atoms with Gasteiger partial charge >= 0.3 is 0 Å². The molecule has 1 aliphatic rings. The summed E-state index contributed by atoms with van der Waals surface area (Å²) in [6.45, 7) is 5.11. The fourth-order valence-electron chi connectivity index (χ4n) is 2.59. The van der Waals surface area contributed by atoms with Gasteiger partial charge in [-0.25, -0.2) is 0 Å². The van der Waals surface area contributed by atoms with Gasteiger partial charge in [0.15, 0.2) is 0 Å². The van der Waals surface area contributed by atoms with Crippen LogP contribution in [0.2, 0.25) is 0 Å². The molecule has 1 aliphatic heterocycles. The largest absolute Gasteiger partial charge is 0.494 e. The molecule has 2 rings (SSSR count). The number of amides is 1. The summed E-state index contributed by atoms with van der Waals surface area (Å²) in [5.41, 5.74) is 0.716. The number of benzene rings is 1. The number of carbonyl (C=O) groups excluding carboxylic acids is 1. The maximum absolute atomic E-state index is 12.3. The fourth-order valence-corrected chi connectivity index (χ4v) is 2.59. The SMILES string of the molecule is CCOc1ccc(C(=O)N(C)CCC2CCOCC2)cc1. The van der Waals surface area contributed by atoms with Crippen molar-refractivity contribution < 1.29 is 14.3 Å². The summed E-state index contributed by atoms with van der Waals surface area (Å²) in [4.78, 5) is 14.2. The first-order chi connectivity index (χ1) is 10.2. The van der Waals surface area contributed by atoms with Crippen molar-refractivity contribution in [2.45, 2.75) is 26.2 Å². The average molecular weight is 291 g/mol. The Labute approximate surface area is 127 Å². The molecule has 0 N–H and O–H groups in total. The minimum absolute atomic E-state index is 0.0742. The summed E-state index contributed by atoms with van der Waals surface area (Å²) in [6, 6.07) is 7.36. The molecule has 0 atom stereocenters. The second kappa shape index (κ2) is 8.03. The van der Waals surface area contributed by atoms with Crippen LogP contribution in [0.4, 0.5) is 0 Å². The van der Waals surface area contributed by atoms with E-state index >= 15 is 0 Å². The Morgan fingerprint density at radius 2 is 1.95 bits per heavy atom. The quantitative estimate of drug-likeness (QED) is 0.809. The molecule has 0 saturated carbocycles. The molecule has 4 nitrogen and oxygen atoms in total. The summed E-state index contributed by atoms with van der Waals surface area (Å²) in [6.07, 6.45) is 3.29. The van der Waals surface area contributed by atoms with Gasteiger partial charge in [0.2, 0.25) is 0 Å². The lowest BCUT2D eigenvalue weighted by molar-refractivity contribution is 0.0583. The number of nitrogens with zero attached hydrogens (tertiary/aromatic N) is 1. The van der Waals surface area contributed by atoms with Gasteiger partial charge in [-0.2, -0.15) is 0 Å². The lowest BCUT2D eigenvalue weighted by Gasteiger charge is -2.25. The van der Waals surface area contributed by atoms with Crippen molar-refractivity contribution in [2.24, 2.45) is 5.92 Å². The van der Waals surface area contributed by atoms with Crippen LogP contribution >= 0.6 is 0 Å². The average Bonchev–Trinajstić information content (AvgIpc) is 2.54. The number of ether oxygens (including phenoxy) is 2. The molecule has 0 radical (unpaired) electrons. The van der Waals surface area contributed by atoms with Gasteiger partial charge in [-0.05, 0) is 56.4 Å². The van der Waals surface area contributed by atoms with Crippen LogP contribution in [0.25, 0.3) is 0 Å². The molecule has 1 aromatic carbocycles. The van der Waals surface area contributed by atoms with E-state index in [1.807, 2.05) is 43.1 Å². The molecule has 116 valence electrons. The van der Waals surface area contributed by atoms with Crippen LogP contribution in [0.15, 0.2) is 24.3 Å². The minimum Gasteiger partial charge on any atom is -0.494 e. The molecule has 21 heavy (non-hydrogen) atoms. The highest BCUT2D eigenvalue weighted by molar-refractivity contribution is 5.94. The van der Waals surface area contributed by atoms with Gasteiger partial charge in [-0.15, -0.1) is 0 Å². The highest BCUT2D eigenvalue weighted by Crippen LogP contribution is 2.19. The Kier molecular flexibility index (Phi) is 6.05. The van der Waals surface area contributed by atoms with Crippen molar-refractivity contribution in [3.05, 3.63) is 29.8 Å². The van der Waals surface area contributed by atoms with Crippen LogP contribution in [-0.2, 0) is 4.74 Å². The maximum Gasteiger partial charge on any atom is 0.253 e. The van der Waals surface area contributed by atoms with E-state index in [1.165, 1.54) is 0 Å². The highest BCUT2D eigenvalue weighted by atomic mass is 16.5. The van der Waals surface area contributed by atoms with Crippen molar-refractivity contribution >= 4 is 5.91 Å². The molecular weight excluding hydrogens is 266 g/mol. The zero-order valence-electron chi connectivity index (χ0n) is 13.0. The predicted octanol–water partition coefficient (Wildman–Crippen LogP) is 2.97. The first-order valence-corrected chi connectivity index (χ1v) is 7.76. The zero-order chi connectivity index (χ0) is 15.1. The van der Waals surface area contributed by atoms with Gasteiger partial charge in [0.25, 0.3) is 5.91 Å². The summed E-state index contributed by atoms with van der Waals surface area (Å²) in [5, 5.41) is 0. The zero-order valence-corrected chi connectivity index (χ0v) is 13.0. The topological polar surface area (TPSA) is 38.8 Å². The lowest BCUT2D eigenvalue weighted by atomic mass is 9.96. The maximum atomic E-state index is 12.3. The van der Waals surface area contributed by atoms with Crippen LogP contribution in [0, 0.1) is 5.92 Å². The fraction of sp³-hybridized carbons (Fsp3) is 0.588. The van der Waals surface area contributed by atoms with Crippen molar-refractivity contribution in [2.75, 3.05) is 33.4 Å². The number of hydrogen-bond acceptors (Lipinski definition) is 3. The summed E-state index contributed by atoms with van der Waals surface area (Å²) >= 11 is 0.